The van der Waals surface area contributed by atoms with Crippen LogP contribution in [0.25, 0.3) is 0 Å². The van der Waals surface area contributed by atoms with Gasteiger partial charge in [-0.3, -0.25) is 4.57 Å². The molecule has 1 saturated carbocycles. The number of nitrogens with zero attached hydrogens (tertiary/aromatic N) is 3. The maximum Gasteiger partial charge on any atom is 0.225 e. The summed E-state index contributed by atoms with van der Waals surface area (Å²) in [6, 6.07) is 8.45. The van der Waals surface area contributed by atoms with Gasteiger partial charge in [-0.2, -0.15) is 0 Å². The first-order chi connectivity index (χ1) is 8.66. The van der Waals surface area contributed by atoms with Crippen molar-refractivity contribution in [1.82, 2.24) is 14.8 Å². The molecule has 5 heteroatoms. The lowest BCUT2D eigenvalue weighted by molar-refractivity contribution is 0.603. The van der Waals surface area contributed by atoms with Gasteiger partial charge in [0.25, 0.3) is 0 Å². The minimum atomic E-state index is 0.163. The van der Waals surface area contributed by atoms with E-state index in [4.69, 9.17) is 11.6 Å². The summed E-state index contributed by atoms with van der Waals surface area (Å²) in [4.78, 5) is 0. The van der Waals surface area contributed by atoms with Crippen LogP contribution in [0.4, 0.5) is 0 Å². The highest BCUT2D eigenvalue weighted by Gasteiger charge is 2.31. The second-order valence-corrected chi connectivity index (χ2v) is 5.95. The van der Waals surface area contributed by atoms with Crippen molar-refractivity contribution in [3.8, 4) is 0 Å². The van der Waals surface area contributed by atoms with Crippen LogP contribution in [0.15, 0.2) is 28.7 Å². The average Bonchev–Trinajstić information content (AvgIpc) is 3.13. The van der Waals surface area contributed by atoms with E-state index < -0.39 is 0 Å². The predicted octanol–water partition coefficient (Wildman–Crippen LogP) is 4.18. The molecule has 0 N–H and O–H groups in total. The van der Waals surface area contributed by atoms with Crippen LogP contribution in [0.3, 0.4) is 0 Å². The van der Waals surface area contributed by atoms with Gasteiger partial charge < -0.3 is 0 Å². The SMILES string of the molecule is CC(c1ccc(Br)cc1)n1c(Cl)nnc1C1CC1. The second-order valence-electron chi connectivity index (χ2n) is 4.70. The number of aromatic nitrogens is 3. The van der Waals surface area contributed by atoms with Crippen LogP contribution >= 0.6 is 27.5 Å². The third-order valence-corrected chi connectivity index (χ3v) is 4.15. The third kappa shape index (κ3) is 2.19. The average molecular weight is 327 g/mol. The van der Waals surface area contributed by atoms with E-state index in [9.17, 15) is 0 Å². The standard InChI is InChI=1S/C13H13BrClN3/c1-8(9-4-6-11(14)7-5-9)18-12(10-2-3-10)16-17-13(18)15/h4-8,10H,2-3H2,1H3. The Hall–Kier alpha value is -0.870. The number of hydrogen-bond donors (Lipinski definition) is 0. The summed E-state index contributed by atoms with van der Waals surface area (Å²) in [5.74, 6) is 1.57. The molecule has 1 aromatic heterocycles. The molecule has 94 valence electrons. The Kier molecular flexibility index (Phi) is 3.16. The van der Waals surface area contributed by atoms with Gasteiger partial charge in [0.05, 0.1) is 6.04 Å². The zero-order chi connectivity index (χ0) is 12.7. The van der Waals surface area contributed by atoms with Gasteiger partial charge in [-0.15, -0.1) is 10.2 Å². The highest BCUT2D eigenvalue weighted by molar-refractivity contribution is 9.10. The Labute approximate surface area is 119 Å². The van der Waals surface area contributed by atoms with E-state index in [1.807, 2.05) is 16.7 Å². The first-order valence-corrected chi connectivity index (χ1v) is 7.19. The van der Waals surface area contributed by atoms with E-state index >= 15 is 0 Å². The third-order valence-electron chi connectivity index (χ3n) is 3.36. The molecule has 0 aliphatic heterocycles. The highest BCUT2D eigenvalue weighted by Crippen LogP contribution is 2.41. The van der Waals surface area contributed by atoms with Crippen LogP contribution in [0.2, 0.25) is 5.28 Å². The van der Waals surface area contributed by atoms with Gasteiger partial charge in [-0.05, 0) is 49.1 Å². The lowest BCUT2D eigenvalue weighted by Gasteiger charge is -2.16. The zero-order valence-corrected chi connectivity index (χ0v) is 12.3. The van der Waals surface area contributed by atoms with Crippen molar-refractivity contribution < 1.29 is 0 Å². The normalized spacial score (nSPS) is 16.8. The molecule has 0 amide bonds. The van der Waals surface area contributed by atoms with Gasteiger partial charge >= 0.3 is 0 Å². The molecular weight excluding hydrogens is 314 g/mol. The van der Waals surface area contributed by atoms with E-state index in [0.29, 0.717) is 11.2 Å². The van der Waals surface area contributed by atoms with Crippen LogP contribution in [-0.4, -0.2) is 14.8 Å². The molecule has 0 bridgehead atoms. The van der Waals surface area contributed by atoms with Crippen molar-refractivity contribution in [2.75, 3.05) is 0 Å². The van der Waals surface area contributed by atoms with Crippen LogP contribution in [0.1, 0.15) is 43.1 Å². The monoisotopic (exact) mass is 325 g/mol. The largest absolute Gasteiger partial charge is 0.294 e. The van der Waals surface area contributed by atoms with Gasteiger partial charge in [0.2, 0.25) is 5.28 Å². The van der Waals surface area contributed by atoms with Gasteiger partial charge in [-0.1, -0.05) is 28.1 Å². The Morgan fingerprint density at radius 1 is 1.28 bits per heavy atom. The summed E-state index contributed by atoms with van der Waals surface area (Å²) in [5, 5.41) is 8.70. The molecule has 0 spiro atoms. The molecule has 1 aliphatic carbocycles. The Morgan fingerprint density at radius 2 is 1.94 bits per heavy atom. The summed E-state index contributed by atoms with van der Waals surface area (Å²) in [6.45, 7) is 2.13. The number of rotatable bonds is 3. The van der Waals surface area contributed by atoms with E-state index in [1.54, 1.807) is 0 Å². The molecular formula is C13H13BrClN3. The fourth-order valence-corrected chi connectivity index (χ4v) is 2.69. The first-order valence-electron chi connectivity index (χ1n) is 6.02. The fraction of sp³-hybridized carbons (Fsp3) is 0.385. The van der Waals surface area contributed by atoms with Crippen molar-refractivity contribution in [2.24, 2.45) is 0 Å². The van der Waals surface area contributed by atoms with Gasteiger partial charge in [0, 0.05) is 10.4 Å². The lowest BCUT2D eigenvalue weighted by Crippen LogP contribution is -2.10. The smallest absolute Gasteiger partial charge is 0.225 e. The molecule has 3 rings (SSSR count). The molecule has 1 fully saturated rings. The van der Waals surface area contributed by atoms with Crippen LogP contribution in [-0.2, 0) is 0 Å². The summed E-state index contributed by atoms with van der Waals surface area (Å²) >= 11 is 9.62. The molecule has 1 aromatic carbocycles. The molecule has 1 aliphatic rings. The van der Waals surface area contributed by atoms with Crippen molar-refractivity contribution in [2.45, 2.75) is 31.7 Å². The quantitative estimate of drug-likeness (QED) is 0.847. The maximum absolute atomic E-state index is 6.17. The molecule has 3 nitrogen and oxygen atoms in total. The minimum absolute atomic E-state index is 0.163. The topological polar surface area (TPSA) is 30.7 Å². The Bertz CT molecular complexity index is 560. The first kappa shape index (κ1) is 12.2. The predicted molar refractivity (Wildman–Crippen MR) is 75.0 cm³/mol. The van der Waals surface area contributed by atoms with Crippen molar-refractivity contribution in [1.29, 1.82) is 0 Å². The molecule has 18 heavy (non-hydrogen) atoms. The van der Waals surface area contributed by atoms with Crippen molar-refractivity contribution in [3.63, 3.8) is 0 Å². The van der Waals surface area contributed by atoms with Gasteiger partial charge in [-0.25, -0.2) is 0 Å². The molecule has 1 atom stereocenters. The number of halogens is 2. The summed E-state index contributed by atoms with van der Waals surface area (Å²) in [7, 11) is 0. The molecule has 0 saturated heterocycles. The summed E-state index contributed by atoms with van der Waals surface area (Å²) in [6.07, 6.45) is 2.39. The summed E-state index contributed by atoms with van der Waals surface area (Å²) in [5.41, 5.74) is 1.21. The fourth-order valence-electron chi connectivity index (χ4n) is 2.15. The number of benzene rings is 1. The summed E-state index contributed by atoms with van der Waals surface area (Å²) < 4.78 is 3.12. The Balaban J connectivity index is 1.98. The van der Waals surface area contributed by atoms with E-state index in [1.165, 1.54) is 18.4 Å². The van der Waals surface area contributed by atoms with Crippen molar-refractivity contribution in [3.05, 3.63) is 45.4 Å². The van der Waals surface area contributed by atoms with Crippen molar-refractivity contribution >= 4 is 27.5 Å². The van der Waals surface area contributed by atoms with Gasteiger partial charge in [0.1, 0.15) is 5.82 Å². The van der Waals surface area contributed by atoms with Crippen LogP contribution in [0, 0.1) is 0 Å². The van der Waals surface area contributed by atoms with E-state index in [-0.39, 0.29) is 6.04 Å². The zero-order valence-electron chi connectivity index (χ0n) is 9.98. The number of hydrogen-bond acceptors (Lipinski definition) is 2. The van der Waals surface area contributed by atoms with Crippen LogP contribution < -0.4 is 0 Å². The highest BCUT2D eigenvalue weighted by atomic mass is 79.9. The molecule has 2 aromatic rings. The van der Waals surface area contributed by atoms with E-state index in [0.717, 1.165) is 10.3 Å². The minimum Gasteiger partial charge on any atom is -0.294 e. The Morgan fingerprint density at radius 3 is 2.56 bits per heavy atom. The lowest BCUT2D eigenvalue weighted by atomic mass is 10.1. The molecule has 1 heterocycles. The second kappa shape index (κ2) is 4.67. The molecule has 0 radical (unpaired) electrons. The maximum atomic E-state index is 6.17. The van der Waals surface area contributed by atoms with Crippen LogP contribution in [0.5, 0.6) is 0 Å². The molecule has 1 unspecified atom stereocenters. The van der Waals surface area contributed by atoms with E-state index in [2.05, 4.69) is 45.2 Å². The van der Waals surface area contributed by atoms with Gasteiger partial charge in [0.15, 0.2) is 0 Å².